The van der Waals surface area contributed by atoms with E-state index in [-0.39, 0.29) is 5.69 Å². The van der Waals surface area contributed by atoms with Gasteiger partial charge in [0.2, 0.25) is 0 Å². The van der Waals surface area contributed by atoms with E-state index >= 15 is 0 Å². The molecule has 0 aliphatic heterocycles. The van der Waals surface area contributed by atoms with Crippen LogP contribution >= 0.6 is 11.3 Å². The first-order valence-corrected chi connectivity index (χ1v) is 10.3. The summed E-state index contributed by atoms with van der Waals surface area (Å²) >= 11 is 1.55. The van der Waals surface area contributed by atoms with Gasteiger partial charge in [0, 0.05) is 18.8 Å². The summed E-state index contributed by atoms with van der Waals surface area (Å²) in [6.45, 7) is 13.0. The van der Waals surface area contributed by atoms with Crippen molar-refractivity contribution in [3.8, 4) is 10.6 Å². The summed E-state index contributed by atoms with van der Waals surface area (Å²) in [4.78, 5) is 10.9. The van der Waals surface area contributed by atoms with E-state index in [1.807, 2.05) is 19.1 Å². The van der Waals surface area contributed by atoms with Crippen LogP contribution in [0.1, 0.15) is 77.8 Å². The van der Waals surface area contributed by atoms with Gasteiger partial charge >= 0.3 is 0 Å². The molecular weight excluding hydrogens is 366 g/mol. The fourth-order valence-corrected chi connectivity index (χ4v) is 2.39. The molecule has 0 aliphatic carbocycles. The summed E-state index contributed by atoms with van der Waals surface area (Å²) in [6.07, 6.45) is 6.03. The van der Waals surface area contributed by atoms with E-state index in [0.29, 0.717) is 5.69 Å². The molecule has 156 valence electrons. The van der Waals surface area contributed by atoms with E-state index in [4.69, 9.17) is 4.79 Å². The summed E-state index contributed by atoms with van der Waals surface area (Å²) in [5, 5.41) is 4.11. The molecule has 0 saturated carbocycles. The van der Waals surface area contributed by atoms with Crippen molar-refractivity contribution in [3.63, 3.8) is 0 Å². The fraction of sp³-hybridized carbons (Fsp3) is 0.619. The van der Waals surface area contributed by atoms with Gasteiger partial charge in [-0.05, 0) is 32.0 Å². The fourth-order valence-electron chi connectivity index (χ4n) is 1.57. The molecule has 2 rings (SSSR count). The predicted molar refractivity (Wildman–Crippen MR) is 114 cm³/mol. The summed E-state index contributed by atoms with van der Waals surface area (Å²) < 4.78 is 27.6. The Hall–Kier alpha value is -1.56. The molecule has 6 heteroatoms. The molecule has 0 unspecified atom stereocenters. The molecule has 0 atom stereocenters. The van der Waals surface area contributed by atoms with Crippen molar-refractivity contribution < 1.29 is 13.6 Å². The number of rotatable bonds is 4. The molecule has 0 bridgehead atoms. The Balaban J connectivity index is 0. The van der Waals surface area contributed by atoms with Gasteiger partial charge in [-0.1, -0.05) is 53.4 Å². The van der Waals surface area contributed by atoms with Crippen molar-refractivity contribution in [2.45, 2.75) is 80.1 Å². The van der Waals surface area contributed by atoms with Crippen LogP contribution < -0.4 is 0 Å². The summed E-state index contributed by atoms with van der Waals surface area (Å²) in [5.74, 6) is -2.85. The lowest BCUT2D eigenvalue weighted by Crippen LogP contribution is -2.12. The zero-order valence-corrected chi connectivity index (χ0v) is 18.9. The van der Waals surface area contributed by atoms with Gasteiger partial charge in [0.15, 0.2) is 0 Å². The van der Waals surface area contributed by atoms with Gasteiger partial charge in [0.05, 0.1) is 4.88 Å². The second-order valence-corrected chi connectivity index (χ2v) is 7.36. The first-order chi connectivity index (χ1) is 12.6. The molecule has 0 aromatic carbocycles. The van der Waals surface area contributed by atoms with Crippen LogP contribution in [0.2, 0.25) is 0 Å². The monoisotopic (exact) mass is 402 g/mol. The van der Waals surface area contributed by atoms with Gasteiger partial charge in [0.1, 0.15) is 17.7 Å². The minimum Gasteiger partial charge on any atom is -0.304 e. The number of halogens is 2. The van der Waals surface area contributed by atoms with Crippen LogP contribution in [0.4, 0.5) is 8.78 Å². The third kappa shape index (κ3) is 12.5. The third-order valence-corrected chi connectivity index (χ3v) is 4.35. The topological polar surface area (TPSA) is 34.9 Å². The maximum Gasteiger partial charge on any atom is 0.286 e. The van der Waals surface area contributed by atoms with Gasteiger partial charge in [-0.25, -0.2) is 0 Å². The molecule has 0 N–H and O–H groups in total. The van der Waals surface area contributed by atoms with Crippen molar-refractivity contribution in [2.75, 3.05) is 0 Å². The van der Waals surface area contributed by atoms with Crippen molar-refractivity contribution >= 4 is 17.6 Å². The molecule has 0 amide bonds. The lowest BCUT2D eigenvalue weighted by Gasteiger charge is -2.08. The second kappa shape index (κ2) is 15.5. The standard InChI is InChI=1S/C11H12F2N2S.2C4H10.C2H4O/c1-7-4-5-9(16-7)8-6-10(11(2,12)13)15(3)14-8;2*1-3-4-2;1-2-3/h4-6H,1-3H3;2*3-4H2,1-2H3;2H,1H3. The average Bonchev–Trinajstić information content (AvgIpc) is 3.21. The highest BCUT2D eigenvalue weighted by Gasteiger charge is 2.29. The lowest BCUT2D eigenvalue weighted by molar-refractivity contribution is -0.106. The third-order valence-electron chi connectivity index (χ3n) is 3.32. The first kappa shape index (κ1) is 27.7. The summed E-state index contributed by atoms with van der Waals surface area (Å²) in [6, 6.07) is 5.31. The van der Waals surface area contributed by atoms with Gasteiger partial charge in [0.25, 0.3) is 5.92 Å². The van der Waals surface area contributed by atoms with Gasteiger partial charge in [-0.15, -0.1) is 11.3 Å². The Kier molecular flexibility index (Phi) is 15.9. The number of aromatic nitrogens is 2. The van der Waals surface area contributed by atoms with E-state index in [0.717, 1.165) is 23.0 Å². The zero-order chi connectivity index (χ0) is 21.5. The molecule has 0 radical (unpaired) electrons. The molecule has 2 aromatic rings. The molecule has 3 nitrogen and oxygen atoms in total. The maximum atomic E-state index is 13.2. The number of alkyl halides is 2. The molecule has 0 spiro atoms. The molecular formula is C21H36F2N2OS. The number of aryl methyl sites for hydroxylation is 2. The van der Waals surface area contributed by atoms with Crippen LogP contribution in [-0.4, -0.2) is 16.1 Å². The van der Waals surface area contributed by atoms with E-state index < -0.39 is 5.92 Å². The molecule has 2 aromatic heterocycles. The van der Waals surface area contributed by atoms with E-state index in [9.17, 15) is 8.78 Å². The summed E-state index contributed by atoms with van der Waals surface area (Å²) in [5.41, 5.74) is 0.547. The first-order valence-electron chi connectivity index (χ1n) is 9.51. The maximum absolute atomic E-state index is 13.2. The minimum atomic E-state index is -2.85. The largest absolute Gasteiger partial charge is 0.304 e. The molecule has 2 heterocycles. The van der Waals surface area contributed by atoms with E-state index in [1.54, 1.807) is 11.3 Å². The minimum absolute atomic E-state index is 0.0615. The number of carbonyl (C=O) groups is 1. The number of nitrogens with zero attached hydrogens (tertiary/aromatic N) is 2. The van der Waals surface area contributed by atoms with Crippen LogP contribution in [0.25, 0.3) is 10.6 Å². The molecule has 0 saturated heterocycles. The van der Waals surface area contributed by atoms with Crippen molar-refractivity contribution in [3.05, 3.63) is 28.8 Å². The highest BCUT2D eigenvalue weighted by molar-refractivity contribution is 7.15. The predicted octanol–water partition coefficient (Wildman–Crippen LogP) is 7.39. The number of hydrogen-bond donors (Lipinski definition) is 0. The number of unbranched alkanes of at least 4 members (excludes halogenated alkanes) is 2. The van der Waals surface area contributed by atoms with E-state index in [2.05, 4.69) is 32.8 Å². The Labute approximate surface area is 167 Å². The molecule has 0 aliphatic rings. The second-order valence-electron chi connectivity index (χ2n) is 6.07. The van der Waals surface area contributed by atoms with Crippen LogP contribution in [-0.2, 0) is 17.8 Å². The molecule has 27 heavy (non-hydrogen) atoms. The Morgan fingerprint density at radius 2 is 1.56 bits per heavy atom. The van der Waals surface area contributed by atoms with E-state index in [1.165, 1.54) is 50.4 Å². The van der Waals surface area contributed by atoms with Crippen LogP contribution in [0.5, 0.6) is 0 Å². The average molecular weight is 403 g/mol. The lowest BCUT2D eigenvalue weighted by atomic mass is 10.2. The quantitative estimate of drug-likeness (QED) is 0.500. The van der Waals surface area contributed by atoms with Gasteiger partial charge < -0.3 is 4.79 Å². The Morgan fingerprint density at radius 3 is 1.81 bits per heavy atom. The highest BCUT2D eigenvalue weighted by Crippen LogP contribution is 2.32. The van der Waals surface area contributed by atoms with Crippen LogP contribution in [0.3, 0.4) is 0 Å². The number of hydrogen-bond acceptors (Lipinski definition) is 3. The normalized spacial score (nSPS) is 9.85. The zero-order valence-electron chi connectivity index (χ0n) is 18.1. The Morgan fingerprint density at radius 1 is 1.11 bits per heavy atom. The smallest absolute Gasteiger partial charge is 0.286 e. The number of aldehydes is 1. The van der Waals surface area contributed by atoms with Crippen LogP contribution in [0.15, 0.2) is 18.2 Å². The van der Waals surface area contributed by atoms with Crippen LogP contribution in [0, 0.1) is 6.92 Å². The number of thiophene rings is 1. The molecule has 0 fully saturated rings. The summed E-state index contributed by atoms with van der Waals surface area (Å²) in [7, 11) is 1.54. The number of carbonyl (C=O) groups excluding carboxylic acids is 1. The van der Waals surface area contributed by atoms with Crippen molar-refractivity contribution in [1.29, 1.82) is 0 Å². The van der Waals surface area contributed by atoms with Gasteiger partial charge in [-0.3, -0.25) is 4.68 Å². The highest BCUT2D eigenvalue weighted by atomic mass is 32.1. The van der Waals surface area contributed by atoms with Crippen molar-refractivity contribution in [2.24, 2.45) is 7.05 Å². The van der Waals surface area contributed by atoms with Crippen molar-refractivity contribution in [1.82, 2.24) is 9.78 Å². The SMILES string of the molecule is CC=O.CCCC.CCCC.Cc1ccc(-c2cc(C(C)(F)F)n(C)n2)s1. The van der Waals surface area contributed by atoms with Gasteiger partial charge in [-0.2, -0.15) is 13.9 Å². The Bertz CT molecular complexity index is 608.